The molecule has 2 N–H and O–H groups in total. The van der Waals surface area contributed by atoms with E-state index < -0.39 is 0 Å². The van der Waals surface area contributed by atoms with Crippen molar-refractivity contribution in [1.82, 2.24) is 15.6 Å². The lowest BCUT2D eigenvalue weighted by molar-refractivity contribution is 0.0948. The summed E-state index contributed by atoms with van der Waals surface area (Å²) >= 11 is 0. The molecule has 0 saturated carbocycles. The van der Waals surface area contributed by atoms with E-state index in [9.17, 15) is 4.79 Å². The van der Waals surface area contributed by atoms with Gasteiger partial charge in [0.2, 0.25) is 0 Å². The summed E-state index contributed by atoms with van der Waals surface area (Å²) in [6, 6.07) is 3.51. The van der Waals surface area contributed by atoms with Crippen LogP contribution in [0.4, 0.5) is 0 Å². The average molecular weight is 207 g/mol. The third-order valence-corrected chi connectivity index (χ3v) is 2.09. The van der Waals surface area contributed by atoms with Crippen molar-refractivity contribution in [2.45, 2.75) is 6.92 Å². The molecule has 0 aliphatic rings. The van der Waals surface area contributed by atoms with Crippen molar-refractivity contribution in [3.63, 3.8) is 0 Å². The van der Waals surface area contributed by atoms with E-state index in [-0.39, 0.29) is 5.91 Å². The minimum absolute atomic E-state index is 0.0638. The summed E-state index contributed by atoms with van der Waals surface area (Å²) < 4.78 is 0. The standard InChI is InChI=1S/C11H17N3O/c1-9(6-12-2)7-14-11(15)10-4-3-5-13-8-10/h3-5,8-9,12H,6-7H2,1-2H3,(H,14,15). The number of aromatic nitrogens is 1. The maximum absolute atomic E-state index is 11.6. The van der Waals surface area contributed by atoms with Crippen LogP contribution in [0.2, 0.25) is 0 Å². The van der Waals surface area contributed by atoms with E-state index in [0.29, 0.717) is 18.0 Å². The lowest BCUT2D eigenvalue weighted by Gasteiger charge is -2.11. The molecule has 1 heterocycles. The molecule has 1 unspecified atom stereocenters. The Morgan fingerprint density at radius 2 is 2.33 bits per heavy atom. The predicted octanol–water partition coefficient (Wildman–Crippen LogP) is 0.667. The van der Waals surface area contributed by atoms with Crippen LogP contribution >= 0.6 is 0 Å². The Hall–Kier alpha value is -1.42. The number of amides is 1. The zero-order valence-electron chi connectivity index (χ0n) is 9.16. The van der Waals surface area contributed by atoms with Crippen LogP contribution in [0.5, 0.6) is 0 Å². The molecule has 4 nitrogen and oxygen atoms in total. The van der Waals surface area contributed by atoms with Crippen molar-refractivity contribution in [3.8, 4) is 0 Å². The number of carbonyl (C=O) groups excluding carboxylic acids is 1. The molecule has 1 amide bonds. The van der Waals surface area contributed by atoms with Gasteiger partial charge in [-0.25, -0.2) is 0 Å². The van der Waals surface area contributed by atoms with Crippen LogP contribution in [0.3, 0.4) is 0 Å². The van der Waals surface area contributed by atoms with Crippen LogP contribution in [0.1, 0.15) is 17.3 Å². The van der Waals surface area contributed by atoms with Gasteiger partial charge in [0.1, 0.15) is 0 Å². The van der Waals surface area contributed by atoms with Gasteiger partial charge in [0.15, 0.2) is 0 Å². The molecular formula is C11H17N3O. The normalized spacial score (nSPS) is 12.1. The lowest BCUT2D eigenvalue weighted by Crippen LogP contribution is -2.32. The molecule has 0 aliphatic heterocycles. The van der Waals surface area contributed by atoms with E-state index in [1.807, 2.05) is 7.05 Å². The maximum atomic E-state index is 11.6. The van der Waals surface area contributed by atoms with Crippen LogP contribution in [-0.4, -0.2) is 31.0 Å². The fourth-order valence-corrected chi connectivity index (χ4v) is 1.29. The summed E-state index contributed by atoms with van der Waals surface area (Å²) in [6.45, 7) is 3.65. The van der Waals surface area contributed by atoms with Crippen molar-refractivity contribution < 1.29 is 4.79 Å². The Balaban J connectivity index is 2.37. The molecule has 82 valence electrons. The molecule has 0 fully saturated rings. The molecule has 15 heavy (non-hydrogen) atoms. The Kier molecular flexibility index (Phi) is 4.77. The van der Waals surface area contributed by atoms with E-state index in [1.54, 1.807) is 24.5 Å². The van der Waals surface area contributed by atoms with Crippen LogP contribution < -0.4 is 10.6 Å². The van der Waals surface area contributed by atoms with Crippen molar-refractivity contribution >= 4 is 5.91 Å². The average Bonchev–Trinajstić information content (AvgIpc) is 2.27. The fourth-order valence-electron chi connectivity index (χ4n) is 1.29. The van der Waals surface area contributed by atoms with E-state index in [1.165, 1.54) is 0 Å². The second-order valence-corrected chi connectivity index (χ2v) is 3.61. The highest BCUT2D eigenvalue weighted by Crippen LogP contribution is 1.96. The molecule has 0 aliphatic carbocycles. The molecule has 4 heteroatoms. The monoisotopic (exact) mass is 207 g/mol. The minimum atomic E-state index is -0.0638. The molecule has 0 radical (unpaired) electrons. The lowest BCUT2D eigenvalue weighted by atomic mass is 10.2. The number of carbonyl (C=O) groups is 1. The van der Waals surface area contributed by atoms with Crippen LogP contribution in [0.15, 0.2) is 24.5 Å². The molecule has 0 spiro atoms. The zero-order valence-corrected chi connectivity index (χ0v) is 9.16. The van der Waals surface area contributed by atoms with E-state index in [4.69, 9.17) is 0 Å². The van der Waals surface area contributed by atoms with E-state index >= 15 is 0 Å². The highest BCUT2D eigenvalue weighted by molar-refractivity contribution is 5.93. The summed E-state index contributed by atoms with van der Waals surface area (Å²) in [5.41, 5.74) is 0.606. The van der Waals surface area contributed by atoms with E-state index in [2.05, 4.69) is 22.5 Å². The molecule has 1 aromatic rings. The number of nitrogens with one attached hydrogen (secondary N) is 2. The van der Waals surface area contributed by atoms with Gasteiger partial charge in [-0.1, -0.05) is 6.92 Å². The highest BCUT2D eigenvalue weighted by atomic mass is 16.1. The first-order chi connectivity index (χ1) is 7.24. The van der Waals surface area contributed by atoms with Crippen LogP contribution in [0, 0.1) is 5.92 Å². The first-order valence-corrected chi connectivity index (χ1v) is 5.07. The fraction of sp³-hybridized carbons (Fsp3) is 0.455. The van der Waals surface area contributed by atoms with Crippen molar-refractivity contribution in [1.29, 1.82) is 0 Å². The molecule has 1 rings (SSSR count). The van der Waals surface area contributed by atoms with Gasteiger partial charge in [-0.05, 0) is 31.6 Å². The highest BCUT2D eigenvalue weighted by Gasteiger charge is 2.06. The first kappa shape index (κ1) is 11.7. The van der Waals surface area contributed by atoms with Gasteiger partial charge >= 0.3 is 0 Å². The Labute approximate surface area is 90.1 Å². The number of pyridine rings is 1. The van der Waals surface area contributed by atoms with Gasteiger partial charge in [-0.15, -0.1) is 0 Å². The Bertz CT molecular complexity index is 300. The topological polar surface area (TPSA) is 54.0 Å². The molecule has 0 aromatic carbocycles. The largest absolute Gasteiger partial charge is 0.352 e. The van der Waals surface area contributed by atoms with Gasteiger partial charge in [-0.3, -0.25) is 9.78 Å². The van der Waals surface area contributed by atoms with Crippen molar-refractivity contribution in [2.75, 3.05) is 20.1 Å². The molecular weight excluding hydrogens is 190 g/mol. The zero-order chi connectivity index (χ0) is 11.1. The predicted molar refractivity (Wildman–Crippen MR) is 59.7 cm³/mol. The third-order valence-electron chi connectivity index (χ3n) is 2.09. The quantitative estimate of drug-likeness (QED) is 0.746. The van der Waals surface area contributed by atoms with Gasteiger partial charge in [0.05, 0.1) is 5.56 Å². The smallest absolute Gasteiger partial charge is 0.252 e. The Morgan fingerprint density at radius 3 is 2.93 bits per heavy atom. The molecule has 0 saturated heterocycles. The van der Waals surface area contributed by atoms with Gasteiger partial charge < -0.3 is 10.6 Å². The van der Waals surface area contributed by atoms with Crippen LogP contribution in [-0.2, 0) is 0 Å². The van der Waals surface area contributed by atoms with Crippen molar-refractivity contribution in [3.05, 3.63) is 30.1 Å². The van der Waals surface area contributed by atoms with Crippen molar-refractivity contribution in [2.24, 2.45) is 5.92 Å². The third kappa shape index (κ3) is 4.08. The van der Waals surface area contributed by atoms with Gasteiger partial charge in [-0.2, -0.15) is 0 Å². The van der Waals surface area contributed by atoms with Crippen LogP contribution in [0.25, 0.3) is 0 Å². The van der Waals surface area contributed by atoms with E-state index in [0.717, 1.165) is 6.54 Å². The summed E-state index contributed by atoms with van der Waals surface area (Å²) in [5.74, 6) is 0.363. The number of nitrogens with zero attached hydrogens (tertiary/aromatic N) is 1. The Morgan fingerprint density at radius 1 is 1.53 bits per heavy atom. The number of hydrogen-bond donors (Lipinski definition) is 2. The first-order valence-electron chi connectivity index (χ1n) is 5.07. The second kappa shape index (κ2) is 6.14. The molecule has 0 bridgehead atoms. The summed E-state index contributed by atoms with van der Waals surface area (Å²) in [4.78, 5) is 15.5. The second-order valence-electron chi connectivity index (χ2n) is 3.61. The van der Waals surface area contributed by atoms with Gasteiger partial charge in [0.25, 0.3) is 5.91 Å². The SMILES string of the molecule is CNCC(C)CNC(=O)c1cccnc1. The summed E-state index contributed by atoms with van der Waals surface area (Å²) in [5, 5.41) is 5.93. The maximum Gasteiger partial charge on any atom is 0.252 e. The minimum Gasteiger partial charge on any atom is -0.352 e. The number of rotatable bonds is 5. The molecule has 1 atom stereocenters. The summed E-state index contributed by atoms with van der Waals surface area (Å²) in [6.07, 6.45) is 3.22. The molecule has 1 aromatic heterocycles. The number of hydrogen-bond acceptors (Lipinski definition) is 3. The van der Waals surface area contributed by atoms with Gasteiger partial charge in [0, 0.05) is 18.9 Å². The summed E-state index contributed by atoms with van der Waals surface area (Å²) in [7, 11) is 1.90.